The maximum Gasteiger partial charge on any atom is 0.240 e. The molecule has 0 atom stereocenters. The van der Waals surface area contributed by atoms with E-state index >= 15 is 0 Å². The Hall–Kier alpha value is -2.40. The van der Waals surface area contributed by atoms with Crippen molar-refractivity contribution in [3.8, 4) is 11.4 Å². The van der Waals surface area contributed by atoms with Crippen molar-refractivity contribution in [3.05, 3.63) is 70.2 Å². The van der Waals surface area contributed by atoms with Crippen LogP contribution in [-0.2, 0) is 16.4 Å². The fourth-order valence-electron chi connectivity index (χ4n) is 2.69. The van der Waals surface area contributed by atoms with E-state index in [9.17, 15) is 17.2 Å². The molecule has 0 aliphatic rings. The standard InChI is InChI=1S/C18H13ClF2N4O2S2/c19-15-9-14(4-5-16(15)21)29(26,27)22-7-6-13-10-28-18-23-17(24-25(13)18)11-2-1-3-12(20)8-11/h1-5,8-10,22H,6-7H2. The molecular weight excluding hydrogens is 442 g/mol. The summed E-state index contributed by atoms with van der Waals surface area (Å²) in [6, 6.07) is 9.19. The Balaban J connectivity index is 1.49. The van der Waals surface area contributed by atoms with Gasteiger partial charge in [0.2, 0.25) is 15.0 Å². The predicted molar refractivity (Wildman–Crippen MR) is 107 cm³/mol. The van der Waals surface area contributed by atoms with Crippen molar-refractivity contribution < 1.29 is 17.2 Å². The molecule has 0 amide bonds. The highest BCUT2D eigenvalue weighted by Gasteiger charge is 2.17. The van der Waals surface area contributed by atoms with Crippen LogP contribution >= 0.6 is 22.9 Å². The average molecular weight is 455 g/mol. The average Bonchev–Trinajstić information content (AvgIpc) is 3.25. The van der Waals surface area contributed by atoms with Crippen LogP contribution in [0.25, 0.3) is 16.3 Å². The van der Waals surface area contributed by atoms with Gasteiger partial charge in [0.05, 0.1) is 15.6 Å². The largest absolute Gasteiger partial charge is 0.240 e. The van der Waals surface area contributed by atoms with Gasteiger partial charge in [-0.25, -0.2) is 26.4 Å². The first-order valence-corrected chi connectivity index (χ1v) is 11.1. The maximum atomic E-state index is 13.4. The SMILES string of the molecule is O=S(=O)(NCCc1csc2nc(-c3cccc(F)c3)nn12)c1ccc(F)c(Cl)c1. The highest BCUT2D eigenvalue weighted by molar-refractivity contribution is 7.89. The molecule has 0 bridgehead atoms. The minimum Gasteiger partial charge on any atom is -0.211 e. The summed E-state index contributed by atoms with van der Waals surface area (Å²) in [6.45, 7) is 0.0956. The van der Waals surface area contributed by atoms with Crippen LogP contribution in [0.4, 0.5) is 8.78 Å². The fraction of sp³-hybridized carbons (Fsp3) is 0.111. The van der Waals surface area contributed by atoms with Crippen molar-refractivity contribution in [3.63, 3.8) is 0 Å². The monoisotopic (exact) mass is 454 g/mol. The summed E-state index contributed by atoms with van der Waals surface area (Å²) in [4.78, 5) is 4.88. The Labute approximate surface area is 173 Å². The molecule has 0 saturated heterocycles. The van der Waals surface area contributed by atoms with E-state index in [2.05, 4.69) is 14.8 Å². The van der Waals surface area contributed by atoms with Gasteiger partial charge in [-0.2, -0.15) is 4.98 Å². The van der Waals surface area contributed by atoms with E-state index in [-0.39, 0.29) is 22.3 Å². The van der Waals surface area contributed by atoms with Crippen LogP contribution in [0.15, 0.2) is 52.7 Å². The highest BCUT2D eigenvalue weighted by Crippen LogP contribution is 2.22. The van der Waals surface area contributed by atoms with Gasteiger partial charge < -0.3 is 0 Å². The molecular formula is C18H13ClF2N4O2S2. The minimum absolute atomic E-state index is 0.0956. The van der Waals surface area contributed by atoms with E-state index in [0.29, 0.717) is 22.8 Å². The van der Waals surface area contributed by atoms with Gasteiger partial charge in [-0.3, -0.25) is 0 Å². The summed E-state index contributed by atoms with van der Waals surface area (Å²) >= 11 is 7.01. The number of aromatic nitrogens is 3. The van der Waals surface area contributed by atoms with Crippen LogP contribution in [0, 0.1) is 11.6 Å². The topological polar surface area (TPSA) is 76.4 Å². The van der Waals surface area contributed by atoms with Gasteiger partial charge in [0.1, 0.15) is 11.6 Å². The lowest BCUT2D eigenvalue weighted by Crippen LogP contribution is -2.26. The summed E-state index contributed by atoms with van der Waals surface area (Å²) in [7, 11) is -3.83. The molecule has 0 unspecified atom stereocenters. The third-order valence-electron chi connectivity index (χ3n) is 4.11. The number of benzene rings is 2. The zero-order chi connectivity index (χ0) is 20.6. The first kappa shape index (κ1) is 19.9. The normalized spacial score (nSPS) is 12.0. The van der Waals surface area contributed by atoms with Crippen molar-refractivity contribution in [2.24, 2.45) is 0 Å². The molecule has 29 heavy (non-hydrogen) atoms. The first-order valence-electron chi connectivity index (χ1n) is 8.37. The molecule has 2 heterocycles. The lowest BCUT2D eigenvalue weighted by Gasteiger charge is -2.07. The number of rotatable bonds is 6. The Morgan fingerprint density at radius 1 is 1.17 bits per heavy atom. The second kappa shape index (κ2) is 7.79. The molecule has 4 aromatic rings. The van der Waals surface area contributed by atoms with Gasteiger partial charge in [0.15, 0.2) is 5.82 Å². The zero-order valence-electron chi connectivity index (χ0n) is 14.6. The molecule has 11 heteroatoms. The van der Waals surface area contributed by atoms with Crippen LogP contribution < -0.4 is 4.72 Å². The van der Waals surface area contributed by atoms with Gasteiger partial charge in [0.25, 0.3) is 0 Å². The number of halogens is 3. The molecule has 1 N–H and O–H groups in total. The quantitative estimate of drug-likeness (QED) is 0.479. The highest BCUT2D eigenvalue weighted by atomic mass is 35.5. The molecule has 2 aromatic heterocycles. The molecule has 0 fully saturated rings. The summed E-state index contributed by atoms with van der Waals surface area (Å²) in [5.41, 5.74) is 1.31. The Morgan fingerprint density at radius 2 is 2.00 bits per heavy atom. The summed E-state index contributed by atoms with van der Waals surface area (Å²) < 4.78 is 55.4. The Bertz CT molecular complexity index is 1300. The van der Waals surface area contributed by atoms with E-state index < -0.39 is 15.8 Å². The van der Waals surface area contributed by atoms with Crippen molar-refractivity contribution in [2.45, 2.75) is 11.3 Å². The lowest BCUT2D eigenvalue weighted by molar-refractivity contribution is 0.580. The van der Waals surface area contributed by atoms with Gasteiger partial charge in [-0.1, -0.05) is 23.7 Å². The van der Waals surface area contributed by atoms with E-state index in [0.717, 1.165) is 23.9 Å². The molecule has 0 spiro atoms. The molecule has 4 rings (SSSR count). The molecule has 0 aliphatic carbocycles. The molecule has 6 nitrogen and oxygen atoms in total. The smallest absolute Gasteiger partial charge is 0.211 e. The minimum atomic E-state index is -3.83. The first-order chi connectivity index (χ1) is 13.8. The number of nitrogens with one attached hydrogen (secondary N) is 1. The van der Waals surface area contributed by atoms with Crippen LogP contribution in [0.3, 0.4) is 0 Å². The van der Waals surface area contributed by atoms with Crippen molar-refractivity contribution >= 4 is 37.9 Å². The van der Waals surface area contributed by atoms with Crippen LogP contribution in [0.2, 0.25) is 5.02 Å². The van der Waals surface area contributed by atoms with E-state index in [1.807, 2.05) is 5.38 Å². The van der Waals surface area contributed by atoms with Crippen molar-refractivity contribution in [1.29, 1.82) is 0 Å². The number of thiazole rings is 1. The number of sulfonamides is 1. The van der Waals surface area contributed by atoms with E-state index in [1.165, 1.54) is 23.5 Å². The van der Waals surface area contributed by atoms with Crippen LogP contribution in [0.5, 0.6) is 0 Å². The molecule has 0 saturated carbocycles. The van der Waals surface area contributed by atoms with Crippen LogP contribution in [0.1, 0.15) is 5.69 Å². The summed E-state index contributed by atoms with van der Waals surface area (Å²) in [5.74, 6) is -0.679. The van der Waals surface area contributed by atoms with E-state index in [1.54, 1.807) is 16.6 Å². The maximum absolute atomic E-state index is 13.4. The predicted octanol–water partition coefficient (Wildman–Crippen LogP) is 3.91. The number of hydrogen-bond acceptors (Lipinski definition) is 5. The van der Waals surface area contributed by atoms with Gasteiger partial charge in [-0.15, -0.1) is 16.4 Å². The third kappa shape index (κ3) is 4.15. The van der Waals surface area contributed by atoms with Gasteiger partial charge in [0, 0.05) is 23.9 Å². The molecule has 150 valence electrons. The second-order valence-corrected chi connectivity index (χ2v) is 9.10. The third-order valence-corrected chi connectivity index (χ3v) is 6.72. The van der Waals surface area contributed by atoms with Crippen molar-refractivity contribution in [1.82, 2.24) is 19.3 Å². The van der Waals surface area contributed by atoms with Gasteiger partial charge >= 0.3 is 0 Å². The zero-order valence-corrected chi connectivity index (χ0v) is 17.0. The fourth-order valence-corrected chi connectivity index (χ4v) is 4.85. The molecule has 0 aliphatic heterocycles. The number of nitrogens with zero attached hydrogens (tertiary/aromatic N) is 3. The molecule has 0 radical (unpaired) electrons. The summed E-state index contributed by atoms with van der Waals surface area (Å²) in [6.07, 6.45) is 0.347. The summed E-state index contributed by atoms with van der Waals surface area (Å²) in [5, 5.41) is 5.95. The molecule has 2 aromatic carbocycles. The van der Waals surface area contributed by atoms with Crippen molar-refractivity contribution in [2.75, 3.05) is 6.54 Å². The van der Waals surface area contributed by atoms with E-state index in [4.69, 9.17) is 11.6 Å². The number of hydrogen-bond donors (Lipinski definition) is 1. The Morgan fingerprint density at radius 3 is 2.76 bits per heavy atom. The second-order valence-electron chi connectivity index (χ2n) is 6.09. The lowest BCUT2D eigenvalue weighted by atomic mass is 10.2. The van der Waals surface area contributed by atoms with Crippen LogP contribution in [-0.4, -0.2) is 29.6 Å². The number of fused-ring (bicyclic) bond motifs is 1. The van der Waals surface area contributed by atoms with Gasteiger partial charge in [-0.05, 0) is 30.3 Å². The Kier molecular flexibility index (Phi) is 5.34.